The van der Waals surface area contributed by atoms with Crippen molar-refractivity contribution >= 4 is 22.8 Å². The molecule has 4 nitrogen and oxygen atoms in total. The van der Waals surface area contributed by atoms with Gasteiger partial charge in [0.25, 0.3) is 0 Å². The lowest BCUT2D eigenvalue weighted by Gasteiger charge is -2.31. The third kappa shape index (κ3) is 4.13. The molecule has 0 aromatic heterocycles. The zero-order valence-electron chi connectivity index (χ0n) is 15.3. The number of ether oxygens (including phenoxy) is 1. The van der Waals surface area contributed by atoms with Crippen LogP contribution in [0.3, 0.4) is 0 Å². The molecule has 0 saturated heterocycles. The molecule has 0 fully saturated rings. The fourth-order valence-electron chi connectivity index (χ4n) is 2.95. The highest BCUT2D eigenvalue weighted by Gasteiger charge is 2.40. The molecule has 0 amide bonds. The number of carbonyl (C=O) groups excluding carboxylic acids is 1. The first-order chi connectivity index (χ1) is 11.8. The van der Waals surface area contributed by atoms with Crippen LogP contribution in [0.15, 0.2) is 34.7 Å². The van der Waals surface area contributed by atoms with E-state index in [-0.39, 0.29) is 11.1 Å². The molecule has 0 unspecified atom stereocenters. The highest BCUT2D eigenvalue weighted by molar-refractivity contribution is 8.17. The third-order valence-corrected chi connectivity index (χ3v) is 5.23. The molecular weight excluding hydrogens is 332 g/mol. The summed E-state index contributed by atoms with van der Waals surface area (Å²) in [4.78, 5) is 13.4. The van der Waals surface area contributed by atoms with E-state index in [1.54, 1.807) is 13.8 Å². The van der Waals surface area contributed by atoms with Crippen molar-refractivity contribution in [3.05, 3.63) is 45.9 Å². The highest BCUT2D eigenvalue weighted by atomic mass is 32.2. The molecule has 0 radical (unpaired) electrons. The van der Waals surface area contributed by atoms with E-state index in [4.69, 9.17) is 10.1 Å². The largest absolute Gasteiger partial charge is 0.460 e. The Morgan fingerprint density at radius 2 is 1.84 bits per heavy atom. The van der Waals surface area contributed by atoms with Crippen molar-refractivity contribution < 1.29 is 9.53 Å². The number of nitrogens with one attached hydrogen (secondary N) is 1. The normalized spacial score (nSPS) is 20.8. The number of hydrogen-bond acceptors (Lipinski definition) is 5. The minimum Gasteiger partial charge on any atom is -0.460 e. The maximum atomic E-state index is 12.7. The van der Waals surface area contributed by atoms with Gasteiger partial charge < -0.3 is 4.74 Å². The van der Waals surface area contributed by atoms with Gasteiger partial charge in [-0.2, -0.15) is 5.26 Å². The number of carbonyl (C=O) groups is 1. The van der Waals surface area contributed by atoms with Crippen molar-refractivity contribution in [3.63, 3.8) is 0 Å². The molecule has 0 saturated carbocycles. The van der Waals surface area contributed by atoms with Gasteiger partial charge in [-0.15, -0.1) is 0 Å². The van der Waals surface area contributed by atoms with Gasteiger partial charge in [-0.05, 0) is 42.7 Å². The topological polar surface area (TPSA) is 73.9 Å². The Balaban J connectivity index is 2.53. The molecule has 0 spiro atoms. The number of hydrogen-bond donors (Lipinski definition) is 1. The predicted octanol–water partition coefficient (Wildman–Crippen LogP) is 4.98. The molecule has 1 aromatic rings. The van der Waals surface area contributed by atoms with Gasteiger partial charge in [-0.25, -0.2) is 4.79 Å². The summed E-state index contributed by atoms with van der Waals surface area (Å²) in [5.74, 6) is -1.13. The minimum absolute atomic E-state index is 0.233. The van der Waals surface area contributed by atoms with Crippen molar-refractivity contribution in [1.82, 2.24) is 0 Å². The van der Waals surface area contributed by atoms with Crippen LogP contribution >= 0.6 is 11.8 Å². The number of esters is 1. The van der Waals surface area contributed by atoms with Crippen molar-refractivity contribution in [2.24, 2.45) is 5.92 Å². The number of allylic oxidation sites excluding steroid dienone is 1. The number of rotatable bonds is 4. The monoisotopic (exact) mass is 356 g/mol. The molecule has 2 rings (SSSR count). The predicted molar refractivity (Wildman–Crippen MR) is 102 cm³/mol. The van der Waals surface area contributed by atoms with E-state index in [0.29, 0.717) is 11.5 Å². The van der Waals surface area contributed by atoms with Gasteiger partial charge in [0.15, 0.2) is 0 Å². The average molecular weight is 356 g/mol. The van der Waals surface area contributed by atoms with E-state index in [9.17, 15) is 10.1 Å². The van der Waals surface area contributed by atoms with Crippen LogP contribution in [0.2, 0.25) is 0 Å². The van der Waals surface area contributed by atoms with Gasteiger partial charge in [0.05, 0.1) is 22.8 Å². The molecule has 1 aromatic carbocycles. The lowest BCUT2D eigenvalue weighted by molar-refractivity contribution is -0.143. The van der Waals surface area contributed by atoms with Gasteiger partial charge >= 0.3 is 5.97 Å². The Kier molecular flexibility index (Phi) is 6.07. The summed E-state index contributed by atoms with van der Waals surface area (Å²) in [5.41, 5.74) is 2.57. The number of thioether (sulfide) groups is 1. The first-order valence-corrected chi connectivity index (χ1v) is 9.25. The van der Waals surface area contributed by atoms with E-state index < -0.39 is 17.8 Å². The van der Waals surface area contributed by atoms with Crippen molar-refractivity contribution in [1.29, 1.82) is 10.7 Å². The molecule has 1 heterocycles. The standard InChI is InChI=1S/C20H24N2O2S/c1-11(2)14-6-8-15(9-7-14)18-16(10-21)19(22)25-13(5)17(18)20(23)24-12(3)4/h6-9,11-12,16,18,22H,1-5H3/t16-,18+/m1/s1. The van der Waals surface area contributed by atoms with Gasteiger partial charge in [0.2, 0.25) is 0 Å². The van der Waals surface area contributed by atoms with E-state index in [1.807, 2.05) is 31.2 Å². The van der Waals surface area contributed by atoms with Gasteiger partial charge in [0, 0.05) is 5.92 Å². The molecule has 1 aliphatic heterocycles. The second kappa shape index (κ2) is 7.88. The summed E-state index contributed by atoms with van der Waals surface area (Å²) in [5, 5.41) is 18.1. The zero-order valence-corrected chi connectivity index (χ0v) is 16.1. The van der Waals surface area contributed by atoms with Crippen LogP contribution in [-0.4, -0.2) is 17.1 Å². The summed E-state index contributed by atoms with van der Waals surface area (Å²) < 4.78 is 5.41. The summed E-state index contributed by atoms with van der Waals surface area (Å²) >= 11 is 1.18. The van der Waals surface area contributed by atoms with Crippen LogP contribution in [0, 0.1) is 22.7 Å². The van der Waals surface area contributed by atoms with E-state index in [2.05, 4.69) is 19.9 Å². The van der Waals surface area contributed by atoms with Gasteiger partial charge in [-0.1, -0.05) is 49.9 Å². The fraction of sp³-hybridized carbons (Fsp3) is 0.450. The van der Waals surface area contributed by atoms with Crippen LogP contribution in [0.25, 0.3) is 0 Å². The molecule has 0 bridgehead atoms. The quantitative estimate of drug-likeness (QED) is 0.772. The Labute approximate surface area is 153 Å². The lowest BCUT2D eigenvalue weighted by atomic mass is 9.80. The summed E-state index contributed by atoms with van der Waals surface area (Å²) in [6.45, 7) is 9.67. The van der Waals surface area contributed by atoms with Crippen molar-refractivity contribution in [3.8, 4) is 6.07 Å². The van der Waals surface area contributed by atoms with Crippen LogP contribution in [-0.2, 0) is 9.53 Å². The van der Waals surface area contributed by atoms with Crippen molar-refractivity contribution in [2.45, 2.75) is 52.6 Å². The van der Waals surface area contributed by atoms with Crippen LogP contribution in [0.4, 0.5) is 0 Å². The maximum Gasteiger partial charge on any atom is 0.335 e. The Morgan fingerprint density at radius 3 is 2.32 bits per heavy atom. The molecule has 1 N–H and O–H groups in total. The van der Waals surface area contributed by atoms with Crippen LogP contribution in [0.1, 0.15) is 57.6 Å². The zero-order chi connectivity index (χ0) is 18.7. The molecule has 0 aliphatic carbocycles. The average Bonchev–Trinajstić information content (AvgIpc) is 2.53. The molecule has 1 aliphatic rings. The minimum atomic E-state index is -0.673. The Bertz CT molecular complexity index is 742. The molecule has 25 heavy (non-hydrogen) atoms. The highest BCUT2D eigenvalue weighted by Crippen LogP contribution is 2.45. The van der Waals surface area contributed by atoms with Gasteiger partial charge in [-0.3, -0.25) is 5.41 Å². The Hall–Kier alpha value is -2.06. The van der Waals surface area contributed by atoms with Crippen LogP contribution in [0.5, 0.6) is 0 Å². The van der Waals surface area contributed by atoms with E-state index >= 15 is 0 Å². The summed E-state index contributed by atoms with van der Waals surface area (Å²) in [6, 6.07) is 10.2. The van der Waals surface area contributed by atoms with Crippen molar-refractivity contribution in [2.75, 3.05) is 0 Å². The molecular formula is C20H24N2O2S. The SMILES string of the molecule is CC1=C(C(=O)OC(C)C)[C@@H](c2ccc(C(C)C)cc2)[C@@H](C#N)C(=N)S1. The first-order valence-electron chi connectivity index (χ1n) is 8.43. The maximum absolute atomic E-state index is 12.7. The Morgan fingerprint density at radius 1 is 1.24 bits per heavy atom. The lowest BCUT2D eigenvalue weighted by Crippen LogP contribution is -2.30. The molecule has 2 atom stereocenters. The smallest absolute Gasteiger partial charge is 0.335 e. The van der Waals surface area contributed by atoms with Crippen LogP contribution < -0.4 is 0 Å². The second-order valence-electron chi connectivity index (χ2n) is 6.80. The fourth-order valence-corrected chi connectivity index (χ4v) is 3.92. The summed E-state index contributed by atoms with van der Waals surface area (Å²) in [7, 11) is 0. The molecule has 5 heteroatoms. The number of nitriles is 1. The second-order valence-corrected chi connectivity index (χ2v) is 8.05. The first kappa shape index (κ1) is 19.3. The molecule has 132 valence electrons. The van der Waals surface area contributed by atoms with E-state index in [1.165, 1.54) is 17.3 Å². The van der Waals surface area contributed by atoms with E-state index in [0.717, 1.165) is 10.5 Å². The number of nitrogens with zero attached hydrogens (tertiary/aromatic N) is 1. The third-order valence-electron chi connectivity index (χ3n) is 4.23. The van der Waals surface area contributed by atoms with Gasteiger partial charge in [0.1, 0.15) is 5.92 Å². The summed E-state index contributed by atoms with van der Waals surface area (Å²) in [6.07, 6.45) is -0.233. The number of benzene rings is 1.